The zero-order valence-electron chi connectivity index (χ0n) is 36.1. The lowest BCUT2D eigenvalue weighted by molar-refractivity contribution is -0.141. The van der Waals surface area contributed by atoms with Crippen LogP contribution in [-0.4, -0.2) is 113 Å². The number of hydrogen-bond donors (Lipinski definition) is 4. The Balaban J connectivity index is 0.749. The highest BCUT2D eigenvalue weighted by Gasteiger charge is 2.41. The lowest BCUT2D eigenvalue weighted by Crippen LogP contribution is -2.55. The van der Waals surface area contributed by atoms with Crippen molar-refractivity contribution in [1.82, 2.24) is 30.1 Å². The number of nitrogens with zero attached hydrogens (tertiary/aromatic N) is 5. The fraction of sp³-hybridized carbons (Fsp3) is 0.404. The molecule has 4 aliphatic rings. The Morgan fingerprint density at radius 2 is 1.58 bits per heavy atom. The van der Waals surface area contributed by atoms with Crippen LogP contribution in [0.15, 0.2) is 73.2 Å². The zero-order chi connectivity index (χ0) is 45.6. The molecule has 1 aliphatic carbocycles. The van der Waals surface area contributed by atoms with Gasteiger partial charge in [-0.3, -0.25) is 29.2 Å². The number of likely N-dealkylation sites (tertiary alicyclic amines) is 1. The number of imide groups is 1. The Labute approximate surface area is 375 Å². The van der Waals surface area contributed by atoms with E-state index in [1.165, 1.54) is 25.6 Å². The second kappa shape index (κ2) is 18.0. The summed E-state index contributed by atoms with van der Waals surface area (Å²) in [5.41, 5.74) is 2.37. The molecule has 18 heteroatoms. The molecule has 15 nitrogen and oxygen atoms in total. The van der Waals surface area contributed by atoms with E-state index in [0.717, 1.165) is 62.4 Å². The summed E-state index contributed by atoms with van der Waals surface area (Å²) in [7, 11) is -3.97. The summed E-state index contributed by atoms with van der Waals surface area (Å²) >= 11 is 0. The third-order valence-corrected chi connectivity index (χ3v) is 15.2. The number of fused-ring (bicyclic) bond motifs is 1. The van der Waals surface area contributed by atoms with Crippen molar-refractivity contribution in [1.29, 1.82) is 0 Å². The number of benzene rings is 2. The van der Waals surface area contributed by atoms with E-state index in [2.05, 4.69) is 47.3 Å². The smallest absolute Gasteiger partial charge is 0.249 e. The summed E-state index contributed by atoms with van der Waals surface area (Å²) in [5.74, 6) is -2.42. The maximum absolute atomic E-state index is 15.6. The van der Waals surface area contributed by atoms with E-state index in [4.69, 9.17) is 4.98 Å². The fourth-order valence-corrected chi connectivity index (χ4v) is 10.0. The van der Waals surface area contributed by atoms with Crippen LogP contribution >= 0.6 is 0 Å². The average molecular weight is 908 g/mol. The van der Waals surface area contributed by atoms with E-state index < -0.39 is 50.0 Å². The van der Waals surface area contributed by atoms with Crippen molar-refractivity contribution in [3.63, 3.8) is 0 Å². The Hall–Kier alpha value is -6.27. The minimum Gasteiger partial charge on any atom is -0.374 e. The molecule has 3 saturated heterocycles. The standard InChI is InChI=1S/C47H51F2N9O6S/c1-27(2)65(63,64)55-38-9-8-37(48)42(43(38)49)44(60)36-26-52-45-35(36)23-32(25-51-45)30-5-11-40(50-24-30)57-17-19-58(20-18-57)47(62)31-21-34(22-31)56-15-13-29(14-16-56)28-3-6-33(7-4-28)53-39-10-12-41(59)54-46(39)61/h3-9,11,23-27,29,31,34,39,53,55H,10,12-22H2,1-2H3,(H,51,52)(H,54,59,61)/t31-,34+,39?. The first kappa shape index (κ1) is 44.0. The van der Waals surface area contributed by atoms with Gasteiger partial charge >= 0.3 is 0 Å². The number of aromatic nitrogens is 3. The predicted octanol–water partition coefficient (Wildman–Crippen LogP) is 5.81. The van der Waals surface area contributed by atoms with Crippen LogP contribution in [0.2, 0.25) is 0 Å². The molecule has 340 valence electrons. The van der Waals surface area contributed by atoms with E-state index in [1.807, 2.05) is 29.2 Å². The number of H-pyrrole nitrogens is 1. The normalized spacial score (nSPS) is 21.0. The fourth-order valence-electron chi connectivity index (χ4n) is 9.32. The molecule has 4 fully saturated rings. The molecule has 4 N–H and O–H groups in total. The Morgan fingerprint density at radius 3 is 2.26 bits per heavy atom. The topological polar surface area (TPSA) is 190 Å². The Morgan fingerprint density at radius 1 is 0.862 bits per heavy atom. The summed E-state index contributed by atoms with van der Waals surface area (Å²) < 4.78 is 57.5. The van der Waals surface area contributed by atoms with Crippen LogP contribution < -0.4 is 20.3 Å². The molecule has 0 bridgehead atoms. The Bertz CT molecular complexity index is 2740. The van der Waals surface area contributed by atoms with E-state index in [9.17, 15) is 32.0 Å². The number of sulfonamides is 1. The Kier molecular flexibility index (Phi) is 12.1. The largest absolute Gasteiger partial charge is 0.374 e. The SMILES string of the molecule is CC(C)S(=O)(=O)Nc1ccc(F)c(C(=O)c2c[nH]c3ncc(-c4ccc(N5CCN(C(=O)[C@H]6C[C@@H](N7CCC(c8ccc(NC9CCC(=O)NC9=O)cc8)CC7)C6)CC5)nc4)cc23)c1F. The number of hydrogen-bond acceptors (Lipinski definition) is 11. The second-order valence-electron chi connectivity index (χ2n) is 17.8. The number of anilines is 3. The first-order valence-corrected chi connectivity index (χ1v) is 23.7. The van der Waals surface area contributed by atoms with E-state index >= 15 is 4.39 Å². The van der Waals surface area contributed by atoms with Crippen molar-refractivity contribution in [3.8, 4) is 11.1 Å². The van der Waals surface area contributed by atoms with Crippen molar-refractivity contribution in [3.05, 3.63) is 102 Å². The molecule has 2 aromatic carbocycles. The van der Waals surface area contributed by atoms with Crippen molar-refractivity contribution >= 4 is 61.8 Å². The molecule has 1 saturated carbocycles. The molecule has 5 aromatic rings. The van der Waals surface area contributed by atoms with Gasteiger partial charge < -0.3 is 25.0 Å². The highest BCUT2D eigenvalue weighted by atomic mass is 32.2. The van der Waals surface area contributed by atoms with E-state index in [0.29, 0.717) is 73.1 Å². The number of piperazine rings is 1. The number of piperidine rings is 2. The van der Waals surface area contributed by atoms with Gasteiger partial charge in [0.05, 0.1) is 16.5 Å². The van der Waals surface area contributed by atoms with Crippen molar-refractivity contribution < 1.29 is 36.4 Å². The number of amides is 3. The number of pyridine rings is 2. The number of nitrogens with one attached hydrogen (secondary N) is 4. The molecule has 1 unspecified atom stereocenters. The molecule has 3 aliphatic heterocycles. The van der Waals surface area contributed by atoms with E-state index in [1.54, 1.807) is 18.5 Å². The van der Waals surface area contributed by atoms with Crippen molar-refractivity contribution in [2.24, 2.45) is 5.92 Å². The first-order chi connectivity index (χ1) is 31.2. The summed E-state index contributed by atoms with van der Waals surface area (Å²) in [4.78, 5) is 69.5. The van der Waals surface area contributed by atoms with Crippen LogP contribution in [0.25, 0.3) is 22.2 Å². The van der Waals surface area contributed by atoms with Crippen molar-refractivity contribution in [2.75, 3.05) is 54.2 Å². The van der Waals surface area contributed by atoms with Crippen LogP contribution in [0.5, 0.6) is 0 Å². The van der Waals surface area contributed by atoms with E-state index in [-0.39, 0.29) is 29.2 Å². The molecule has 3 amide bonds. The van der Waals surface area contributed by atoms with Crippen LogP contribution in [0.1, 0.15) is 79.8 Å². The van der Waals surface area contributed by atoms with Gasteiger partial charge in [-0.25, -0.2) is 27.2 Å². The summed E-state index contributed by atoms with van der Waals surface area (Å²) in [6, 6.07) is 15.6. The lowest BCUT2D eigenvalue weighted by atomic mass is 9.77. The van der Waals surface area contributed by atoms with Gasteiger partial charge in [-0.1, -0.05) is 12.1 Å². The summed E-state index contributed by atoms with van der Waals surface area (Å²) in [5, 5.41) is 5.08. The number of aromatic amines is 1. The van der Waals surface area contributed by atoms with Gasteiger partial charge in [-0.15, -0.1) is 0 Å². The average Bonchev–Trinajstić information content (AvgIpc) is 3.72. The molecule has 65 heavy (non-hydrogen) atoms. The summed E-state index contributed by atoms with van der Waals surface area (Å²) in [6.45, 7) is 7.32. The summed E-state index contributed by atoms with van der Waals surface area (Å²) in [6.07, 6.45) is 9.34. The predicted molar refractivity (Wildman–Crippen MR) is 242 cm³/mol. The minimum atomic E-state index is -3.97. The molecule has 3 aromatic heterocycles. The van der Waals surface area contributed by atoms with Crippen LogP contribution in [0.3, 0.4) is 0 Å². The quantitative estimate of drug-likeness (QED) is 0.0874. The number of halogens is 2. The maximum Gasteiger partial charge on any atom is 0.249 e. The highest BCUT2D eigenvalue weighted by molar-refractivity contribution is 7.93. The third kappa shape index (κ3) is 9.05. The monoisotopic (exact) mass is 907 g/mol. The lowest BCUT2D eigenvalue weighted by Gasteiger charge is -2.47. The zero-order valence-corrected chi connectivity index (χ0v) is 37.0. The second-order valence-corrected chi connectivity index (χ2v) is 20.0. The van der Waals surface area contributed by atoms with Crippen LogP contribution in [0.4, 0.5) is 26.0 Å². The van der Waals surface area contributed by atoms with Gasteiger partial charge in [-0.2, -0.15) is 0 Å². The van der Waals surface area contributed by atoms with Gasteiger partial charge in [0.15, 0.2) is 5.82 Å². The molecule has 9 rings (SSSR count). The highest BCUT2D eigenvalue weighted by Crippen LogP contribution is 2.38. The third-order valence-electron chi connectivity index (χ3n) is 13.4. The van der Waals surface area contributed by atoms with Crippen molar-refractivity contribution in [2.45, 2.75) is 75.6 Å². The van der Waals surface area contributed by atoms with Gasteiger partial charge in [0.1, 0.15) is 23.3 Å². The minimum absolute atomic E-state index is 0.0331. The number of rotatable bonds is 12. The van der Waals surface area contributed by atoms with Crippen LogP contribution in [-0.2, 0) is 24.4 Å². The molecule has 0 radical (unpaired) electrons. The van der Waals surface area contributed by atoms with Crippen LogP contribution in [0, 0.1) is 17.6 Å². The molecule has 1 atom stereocenters. The molecular formula is C47H51F2N9O6S. The van der Waals surface area contributed by atoms with Gasteiger partial charge in [0.25, 0.3) is 0 Å². The molecule has 0 spiro atoms. The number of carbonyl (C=O) groups excluding carboxylic acids is 4. The molecular weight excluding hydrogens is 857 g/mol. The first-order valence-electron chi connectivity index (χ1n) is 22.2. The maximum atomic E-state index is 15.6. The molecule has 6 heterocycles. The number of carbonyl (C=O) groups is 4. The van der Waals surface area contributed by atoms with Gasteiger partial charge in [0, 0.05) is 90.9 Å². The number of ketones is 1. The van der Waals surface area contributed by atoms with Gasteiger partial charge in [-0.05, 0) is 113 Å². The van der Waals surface area contributed by atoms with Gasteiger partial charge in [0.2, 0.25) is 33.5 Å².